The fourth-order valence-corrected chi connectivity index (χ4v) is 4.56. The maximum absolute atomic E-state index is 13.2. The number of β-amino-alcohol motifs (C(OH)–C–C–N with tert-alkyl or cyclic N) is 1. The number of anilines is 1. The van der Waals surface area contributed by atoms with Gasteiger partial charge in [0.15, 0.2) is 0 Å². The van der Waals surface area contributed by atoms with Gasteiger partial charge in [0.1, 0.15) is 12.2 Å². The SMILES string of the molecule is N#Cc1cc(-c2nc(-c3ccc4c(c3)CCN(CC(O)CO)CC4)no2)ccc1N1CC(F)C1. The second-order valence-corrected chi connectivity index (χ2v) is 8.89. The molecule has 1 atom stereocenters. The van der Waals surface area contributed by atoms with Gasteiger partial charge < -0.3 is 24.5 Å². The first kappa shape index (κ1) is 22.5. The van der Waals surface area contributed by atoms with Crippen LogP contribution in [0.25, 0.3) is 22.8 Å². The van der Waals surface area contributed by atoms with E-state index in [1.54, 1.807) is 12.1 Å². The van der Waals surface area contributed by atoms with Crippen molar-refractivity contribution in [1.29, 1.82) is 5.26 Å². The quantitative estimate of drug-likeness (QED) is 0.573. The van der Waals surface area contributed by atoms with E-state index >= 15 is 0 Å². The summed E-state index contributed by atoms with van der Waals surface area (Å²) in [5, 5.41) is 32.6. The molecule has 5 rings (SSSR count). The molecule has 8 nitrogen and oxygen atoms in total. The topological polar surface area (TPSA) is 110 Å². The molecule has 1 unspecified atom stereocenters. The average molecular weight is 464 g/mol. The molecule has 0 amide bonds. The van der Waals surface area contributed by atoms with Crippen molar-refractivity contribution in [3.63, 3.8) is 0 Å². The van der Waals surface area contributed by atoms with Crippen LogP contribution in [0.3, 0.4) is 0 Å². The third kappa shape index (κ3) is 4.53. The number of aromatic nitrogens is 2. The number of hydrogen-bond acceptors (Lipinski definition) is 8. The van der Waals surface area contributed by atoms with Gasteiger partial charge in [-0.3, -0.25) is 0 Å². The van der Waals surface area contributed by atoms with Crippen LogP contribution < -0.4 is 4.90 Å². The van der Waals surface area contributed by atoms with Crippen molar-refractivity contribution in [2.45, 2.75) is 25.1 Å². The van der Waals surface area contributed by atoms with Crippen LogP contribution in [0.5, 0.6) is 0 Å². The molecule has 3 heterocycles. The third-order valence-corrected chi connectivity index (χ3v) is 6.51. The minimum absolute atomic E-state index is 0.233. The standard InChI is InChI=1S/C25H26FN5O3/c26-21-12-31(13-21)23-4-3-19(10-20(23)11-27)25-28-24(29-34-25)18-2-1-16-5-7-30(14-22(33)15-32)8-6-17(16)9-18/h1-4,9-10,21-22,32-33H,5-8,12-15H2. The minimum atomic E-state index is -0.846. The van der Waals surface area contributed by atoms with Crippen LogP contribution in [0.1, 0.15) is 16.7 Å². The molecule has 2 aliphatic rings. The zero-order chi connectivity index (χ0) is 23.7. The molecule has 34 heavy (non-hydrogen) atoms. The van der Waals surface area contributed by atoms with Gasteiger partial charge >= 0.3 is 0 Å². The van der Waals surface area contributed by atoms with Gasteiger partial charge in [0.05, 0.1) is 37.1 Å². The summed E-state index contributed by atoms with van der Waals surface area (Å²) in [5.41, 5.74) is 5.12. The normalized spacial score (nSPS) is 17.5. The summed E-state index contributed by atoms with van der Waals surface area (Å²) in [6, 6.07) is 13.6. The van der Waals surface area contributed by atoms with E-state index in [0.717, 1.165) is 31.5 Å². The van der Waals surface area contributed by atoms with Crippen LogP contribution in [0, 0.1) is 11.3 Å². The van der Waals surface area contributed by atoms with Crippen LogP contribution >= 0.6 is 0 Å². The van der Waals surface area contributed by atoms with E-state index < -0.39 is 12.3 Å². The Balaban J connectivity index is 1.33. The zero-order valence-electron chi connectivity index (χ0n) is 18.7. The molecule has 1 saturated heterocycles. The van der Waals surface area contributed by atoms with Gasteiger partial charge in [-0.25, -0.2) is 4.39 Å². The number of alkyl halides is 1. The molecule has 2 aliphatic heterocycles. The van der Waals surface area contributed by atoms with Crippen molar-refractivity contribution in [3.05, 3.63) is 53.1 Å². The van der Waals surface area contributed by atoms with E-state index in [1.165, 1.54) is 11.1 Å². The number of halogens is 1. The van der Waals surface area contributed by atoms with Crippen molar-refractivity contribution >= 4 is 5.69 Å². The van der Waals surface area contributed by atoms with E-state index in [0.29, 0.717) is 48.2 Å². The summed E-state index contributed by atoms with van der Waals surface area (Å²) in [6.45, 7) is 2.46. The Morgan fingerprint density at radius 2 is 1.88 bits per heavy atom. The molecule has 2 N–H and O–H groups in total. The van der Waals surface area contributed by atoms with Crippen LogP contribution in [-0.4, -0.2) is 76.9 Å². The first-order chi connectivity index (χ1) is 16.5. The lowest BCUT2D eigenvalue weighted by molar-refractivity contribution is 0.0605. The summed E-state index contributed by atoms with van der Waals surface area (Å²) in [5.74, 6) is 0.796. The molecule has 9 heteroatoms. The lowest BCUT2D eigenvalue weighted by Crippen LogP contribution is -2.48. The third-order valence-electron chi connectivity index (χ3n) is 6.51. The van der Waals surface area contributed by atoms with Crippen LogP contribution in [0.2, 0.25) is 0 Å². The maximum atomic E-state index is 13.2. The lowest BCUT2D eigenvalue weighted by atomic mass is 10.00. The summed E-state index contributed by atoms with van der Waals surface area (Å²) in [6.07, 6.45) is 0.127. The Hall–Kier alpha value is -3.32. The lowest BCUT2D eigenvalue weighted by Gasteiger charge is -2.36. The summed E-state index contributed by atoms with van der Waals surface area (Å²) < 4.78 is 18.7. The molecule has 176 valence electrons. The Bertz CT molecular complexity index is 1220. The average Bonchev–Trinajstić information content (AvgIpc) is 3.25. The number of nitriles is 1. The summed E-state index contributed by atoms with van der Waals surface area (Å²) >= 11 is 0. The molecular weight excluding hydrogens is 437 g/mol. The van der Waals surface area contributed by atoms with Crippen molar-refractivity contribution in [2.24, 2.45) is 0 Å². The molecule has 3 aromatic rings. The number of fused-ring (bicyclic) bond motifs is 1. The Morgan fingerprint density at radius 1 is 1.12 bits per heavy atom. The predicted octanol–water partition coefficient (Wildman–Crippen LogP) is 2.19. The number of aliphatic hydroxyl groups is 2. The number of benzene rings is 2. The predicted molar refractivity (Wildman–Crippen MR) is 124 cm³/mol. The van der Waals surface area contributed by atoms with Crippen molar-refractivity contribution < 1.29 is 19.1 Å². The van der Waals surface area contributed by atoms with E-state index in [9.17, 15) is 14.8 Å². The van der Waals surface area contributed by atoms with E-state index in [2.05, 4.69) is 33.2 Å². The van der Waals surface area contributed by atoms with E-state index in [-0.39, 0.29) is 6.61 Å². The highest BCUT2D eigenvalue weighted by molar-refractivity contribution is 5.69. The molecule has 0 radical (unpaired) electrons. The van der Waals surface area contributed by atoms with Gasteiger partial charge in [-0.05, 0) is 48.2 Å². The first-order valence-electron chi connectivity index (χ1n) is 11.4. The van der Waals surface area contributed by atoms with E-state index in [4.69, 9.17) is 9.63 Å². The smallest absolute Gasteiger partial charge is 0.258 e. The number of rotatable bonds is 6. The van der Waals surface area contributed by atoms with Gasteiger partial charge in [0.25, 0.3) is 5.89 Å². The van der Waals surface area contributed by atoms with Crippen LogP contribution in [0.4, 0.5) is 10.1 Å². The second-order valence-electron chi connectivity index (χ2n) is 8.89. The van der Waals surface area contributed by atoms with E-state index in [1.807, 2.05) is 17.0 Å². The highest BCUT2D eigenvalue weighted by atomic mass is 19.1. The molecule has 0 bridgehead atoms. The van der Waals surface area contributed by atoms with Crippen LogP contribution in [-0.2, 0) is 12.8 Å². The van der Waals surface area contributed by atoms with Crippen LogP contribution in [0.15, 0.2) is 40.9 Å². The molecule has 0 spiro atoms. The number of aliphatic hydroxyl groups excluding tert-OH is 2. The summed E-state index contributed by atoms with van der Waals surface area (Å²) in [4.78, 5) is 8.56. The van der Waals surface area contributed by atoms with Gasteiger partial charge in [-0.1, -0.05) is 17.3 Å². The highest BCUT2D eigenvalue weighted by Gasteiger charge is 2.28. The maximum Gasteiger partial charge on any atom is 0.258 e. The second kappa shape index (κ2) is 9.50. The fourth-order valence-electron chi connectivity index (χ4n) is 4.56. The van der Waals surface area contributed by atoms with Gasteiger partial charge in [-0.2, -0.15) is 10.2 Å². The van der Waals surface area contributed by atoms with Crippen molar-refractivity contribution in [2.75, 3.05) is 44.2 Å². The molecular formula is C25H26FN5O3. The monoisotopic (exact) mass is 463 g/mol. The molecule has 0 aliphatic carbocycles. The molecule has 1 aromatic heterocycles. The molecule has 2 aromatic carbocycles. The highest BCUT2D eigenvalue weighted by Crippen LogP contribution is 2.31. The largest absolute Gasteiger partial charge is 0.394 e. The zero-order valence-corrected chi connectivity index (χ0v) is 18.7. The number of nitrogens with zero attached hydrogens (tertiary/aromatic N) is 5. The number of hydrogen-bond donors (Lipinski definition) is 2. The van der Waals surface area contributed by atoms with Crippen molar-refractivity contribution in [3.8, 4) is 28.9 Å². The molecule has 0 saturated carbocycles. The fraction of sp³-hybridized carbons (Fsp3) is 0.400. The Labute approximate surface area is 196 Å². The van der Waals surface area contributed by atoms with Gasteiger partial charge in [0, 0.05) is 30.8 Å². The Kier molecular flexibility index (Phi) is 6.28. The summed E-state index contributed by atoms with van der Waals surface area (Å²) in [7, 11) is 0. The van der Waals surface area contributed by atoms with Gasteiger partial charge in [0.2, 0.25) is 5.82 Å². The molecule has 1 fully saturated rings. The van der Waals surface area contributed by atoms with Crippen molar-refractivity contribution in [1.82, 2.24) is 15.0 Å². The first-order valence-corrected chi connectivity index (χ1v) is 11.4. The Morgan fingerprint density at radius 3 is 2.62 bits per heavy atom. The van der Waals surface area contributed by atoms with Gasteiger partial charge in [-0.15, -0.1) is 0 Å². The minimum Gasteiger partial charge on any atom is -0.394 e.